The van der Waals surface area contributed by atoms with Crippen molar-refractivity contribution in [3.05, 3.63) is 35.4 Å². The van der Waals surface area contributed by atoms with Gasteiger partial charge < -0.3 is 10.4 Å². The second-order valence-corrected chi connectivity index (χ2v) is 5.69. The van der Waals surface area contributed by atoms with Crippen LogP contribution in [0, 0.1) is 0 Å². The number of rotatable bonds is 6. The van der Waals surface area contributed by atoms with Crippen molar-refractivity contribution in [2.45, 2.75) is 57.4 Å². The quantitative estimate of drug-likeness (QED) is 0.817. The van der Waals surface area contributed by atoms with Gasteiger partial charge in [0.05, 0.1) is 12.6 Å². The van der Waals surface area contributed by atoms with Crippen LogP contribution < -0.4 is 5.32 Å². The summed E-state index contributed by atoms with van der Waals surface area (Å²) >= 11 is 0. The molecule has 1 aliphatic rings. The number of hydrogen-bond acceptors (Lipinski definition) is 2. The molecule has 1 saturated carbocycles. The van der Waals surface area contributed by atoms with Gasteiger partial charge >= 0.3 is 0 Å². The number of nitrogens with one attached hydrogen (secondary N) is 1. The average molecular weight is 261 g/mol. The zero-order valence-corrected chi connectivity index (χ0v) is 12.1. The van der Waals surface area contributed by atoms with Gasteiger partial charge in [0.1, 0.15) is 0 Å². The summed E-state index contributed by atoms with van der Waals surface area (Å²) in [7, 11) is 0. The fraction of sp³-hybridized carbons (Fsp3) is 0.647. The first-order chi connectivity index (χ1) is 9.35. The molecule has 2 rings (SSSR count). The van der Waals surface area contributed by atoms with Gasteiger partial charge in [-0.1, -0.05) is 50.5 Å². The molecule has 0 amide bonds. The predicted octanol–water partition coefficient (Wildman–Crippen LogP) is 3.77. The van der Waals surface area contributed by atoms with E-state index in [0.717, 1.165) is 18.9 Å². The zero-order valence-electron chi connectivity index (χ0n) is 12.1. The minimum Gasteiger partial charge on any atom is -0.394 e. The summed E-state index contributed by atoms with van der Waals surface area (Å²) in [5.74, 6) is 0.763. The first-order valence-corrected chi connectivity index (χ1v) is 7.79. The molecule has 0 bridgehead atoms. The molecule has 1 aliphatic carbocycles. The Kier molecular flexibility index (Phi) is 5.87. The molecule has 1 aromatic carbocycles. The first-order valence-electron chi connectivity index (χ1n) is 7.79. The summed E-state index contributed by atoms with van der Waals surface area (Å²) in [6.07, 6.45) is 7.94. The number of aliphatic hydroxyl groups is 1. The molecule has 0 heterocycles. The van der Waals surface area contributed by atoms with Crippen molar-refractivity contribution in [2.24, 2.45) is 0 Å². The molecule has 0 saturated heterocycles. The van der Waals surface area contributed by atoms with Crippen molar-refractivity contribution in [2.75, 3.05) is 13.2 Å². The highest BCUT2D eigenvalue weighted by molar-refractivity contribution is 5.27. The van der Waals surface area contributed by atoms with Gasteiger partial charge in [0.2, 0.25) is 0 Å². The van der Waals surface area contributed by atoms with Crippen LogP contribution in [0.4, 0.5) is 0 Å². The van der Waals surface area contributed by atoms with Gasteiger partial charge in [-0.2, -0.15) is 0 Å². The molecule has 1 aromatic rings. The number of benzene rings is 1. The fourth-order valence-electron chi connectivity index (χ4n) is 3.04. The van der Waals surface area contributed by atoms with Crippen LogP contribution in [0.1, 0.15) is 68.5 Å². The SMILES string of the molecule is CCCNC(CO)c1ccc(C2CCCCC2)cc1. The standard InChI is InChI=1S/C17H27NO/c1-2-12-18-17(13-19)16-10-8-15(9-11-16)14-6-4-3-5-7-14/h8-11,14,17-19H,2-7,12-13H2,1H3. The van der Waals surface area contributed by atoms with E-state index in [1.807, 2.05) is 0 Å². The number of hydrogen-bond donors (Lipinski definition) is 2. The number of aliphatic hydroxyl groups excluding tert-OH is 1. The van der Waals surface area contributed by atoms with Crippen molar-refractivity contribution in [3.63, 3.8) is 0 Å². The zero-order chi connectivity index (χ0) is 13.5. The van der Waals surface area contributed by atoms with Gasteiger partial charge in [-0.3, -0.25) is 0 Å². The van der Waals surface area contributed by atoms with Gasteiger partial charge in [0.15, 0.2) is 0 Å². The molecule has 1 fully saturated rings. The van der Waals surface area contributed by atoms with Gasteiger partial charge in [-0.15, -0.1) is 0 Å². The molecule has 2 N–H and O–H groups in total. The summed E-state index contributed by atoms with van der Waals surface area (Å²) in [5, 5.41) is 12.8. The lowest BCUT2D eigenvalue weighted by atomic mass is 9.84. The lowest BCUT2D eigenvalue weighted by Gasteiger charge is -2.23. The van der Waals surface area contributed by atoms with Crippen LogP contribution in [0.2, 0.25) is 0 Å². The molecular formula is C17H27NO. The molecule has 106 valence electrons. The van der Waals surface area contributed by atoms with Gasteiger partial charge in [0.25, 0.3) is 0 Å². The summed E-state index contributed by atoms with van der Waals surface area (Å²) in [5.41, 5.74) is 2.69. The van der Waals surface area contributed by atoms with E-state index >= 15 is 0 Å². The maximum Gasteiger partial charge on any atom is 0.0626 e. The smallest absolute Gasteiger partial charge is 0.0626 e. The van der Waals surface area contributed by atoms with E-state index < -0.39 is 0 Å². The molecular weight excluding hydrogens is 234 g/mol. The normalized spacial score (nSPS) is 18.4. The Morgan fingerprint density at radius 1 is 1.16 bits per heavy atom. The molecule has 1 unspecified atom stereocenters. The monoisotopic (exact) mass is 261 g/mol. The Morgan fingerprint density at radius 2 is 1.84 bits per heavy atom. The van der Waals surface area contributed by atoms with Crippen LogP contribution in [0.5, 0.6) is 0 Å². The minimum absolute atomic E-state index is 0.0837. The topological polar surface area (TPSA) is 32.3 Å². The van der Waals surface area contributed by atoms with E-state index in [1.54, 1.807) is 0 Å². The minimum atomic E-state index is 0.0837. The Hall–Kier alpha value is -0.860. The van der Waals surface area contributed by atoms with Crippen LogP contribution in [0.15, 0.2) is 24.3 Å². The van der Waals surface area contributed by atoms with Gasteiger partial charge in [-0.25, -0.2) is 0 Å². The molecule has 0 aliphatic heterocycles. The van der Waals surface area contributed by atoms with Crippen molar-refractivity contribution in [1.29, 1.82) is 0 Å². The van der Waals surface area contributed by atoms with Crippen LogP contribution in [-0.4, -0.2) is 18.3 Å². The lowest BCUT2D eigenvalue weighted by molar-refractivity contribution is 0.245. The Labute approximate surface area is 117 Å². The van der Waals surface area contributed by atoms with Crippen molar-refractivity contribution in [3.8, 4) is 0 Å². The van der Waals surface area contributed by atoms with E-state index in [0.29, 0.717) is 0 Å². The summed E-state index contributed by atoms with van der Waals surface area (Å²) in [4.78, 5) is 0. The summed E-state index contributed by atoms with van der Waals surface area (Å²) in [6, 6.07) is 8.99. The maximum absolute atomic E-state index is 9.46. The fourth-order valence-corrected chi connectivity index (χ4v) is 3.04. The third kappa shape index (κ3) is 4.05. The molecule has 0 spiro atoms. The Bertz CT molecular complexity index is 354. The summed E-state index contributed by atoms with van der Waals surface area (Å²) < 4.78 is 0. The highest BCUT2D eigenvalue weighted by atomic mass is 16.3. The largest absolute Gasteiger partial charge is 0.394 e. The molecule has 0 radical (unpaired) electrons. The Morgan fingerprint density at radius 3 is 2.42 bits per heavy atom. The van der Waals surface area contributed by atoms with Crippen molar-refractivity contribution in [1.82, 2.24) is 5.32 Å². The Balaban J connectivity index is 1.99. The average Bonchev–Trinajstić information content (AvgIpc) is 2.49. The van der Waals surface area contributed by atoms with E-state index in [-0.39, 0.29) is 12.6 Å². The highest BCUT2D eigenvalue weighted by Gasteiger charge is 2.16. The second kappa shape index (κ2) is 7.66. The highest BCUT2D eigenvalue weighted by Crippen LogP contribution is 2.32. The second-order valence-electron chi connectivity index (χ2n) is 5.69. The van der Waals surface area contributed by atoms with Crippen molar-refractivity contribution >= 4 is 0 Å². The van der Waals surface area contributed by atoms with E-state index in [2.05, 4.69) is 36.5 Å². The van der Waals surface area contributed by atoms with Crippen LogP contribution in [0.3, 0.4) is 0 Å². The molecule has 2 nitrogen and oxygen atoms in total. The molecule has 0 aromatic heterocycles. The van der Waals surface area contributed by atoms with Crippen molar-refractivity contribution < 1.29 is 5.11 Å². The van der Waals surface area contributed by atoms with Crippen LogP contribution >= 0.6 is 0 Å². The third-order valence-electron chi connectivity index (χ3n) is 4.24. The predicted molar refractivity (Wildman–Crippen MR) is 80.4 cm³/mol. The summed E-state index contributed by atoms with van der Waals surface area (Å²) in [6.45, 7) is 3.27. The van der Waals surface area contributed by atoms with Gasteiger partial charge in [-0.05, 0) is 42.9 Å². The molecule has 19 heavy (non-hydrogen) atoms. The molecule has 2 heteroatoms. The lowest BCUT2D eigenvalue weighted by Crippen LogP contribution is -2.25. The van der Waals surface area contributed by atoms with Crippen LogP contribution in [-0.2, 0) is 0 Å². The first kappa shape index (κ1) is 14.5. The third-order valence-corrected chi connectivity index (χ3v) is 4.24. The maximum atomic E-state index is 9.46. The van der Waals surface area contributed by atoms with Gasteiger partial charge in [0, 0.05) is 0 Å². The molecule has 1 atom stereocenters. The van der Waals surface area contributed by atoms with Crippen LogP contribution in [0.25, 0.3) is 0 Å². The van der Waals surface area contributed by atoms with E-state index in [1.165, 1.54) is 43.2 Å². The van der Waals surface area contributed by atoms with E-state index in [9.17, 15) is 5.11 Å². The van der Waals surface area contributed by atoms with E-state index in [4.69, 9.17) is 0 Å².